The quantitative estimate of drug-likeness (QED) is 0.658. The van der Waals surface area contributed by atoms with Crippen LogP contribution in [0.5, 0.6) is 0 Å². The zero-order valence-electron chi connectivity index (χ0n) is 11.0. The lowest BCUT2D eigenvalue weighted by Crippen LogP contribution is -2.22. The lowest BCUT2D eigenvalue weighted by atomic mass is 10.2. The molecule has 0 aliphatic rings. The summed E-state index contributed by atoms with van der Waals surface area (Å²) in [5.74, 6) is -0.929. The largest absolute Gasteiger partial charge is 0.461 e. The number of esters is 1. The summed E-state index contributed by atoms with van der Waals surface area (Å²) in [6.45, 7) is 2.91. The number of sulfone groups is 1. The molecule has 0 fully saturated rings. The van der Waals surface area contributed by atoms with Crippen LogP contribution < -0.4 is 5.73 Å². The van der Waals surface area contributed by atoms with Crippen molar-refractivity contribution in [3.8, 4) is 0 Å². The van der Waals surface area contributed by atoms with Crippen LogP contribution in [0.25, 0.3) is 0 Å². The van der Waals surface area contributed by atoms with Crippen LogP contribution in [0, 0.1) is 0 Å². The summed E-state index contributed by atoms with van der Waals surface area (Å²) in [5.41, 5.74) is 5.85. The molecule has 20 heavy (non-hydrogen) atoms. The van der Waals surface area contributed by atoms with Crippen LogP contribution in [0.15, 0.2) is 12.1 Å². The van der Waals surface area contributed by atoms with Gasteiger partial charge in [-0.1, -0.05) is 23.2 Å². The van der Waals surface area contributed by atoms with Gasteiger partial charge in [-0.15, -0.1) is 0 Å². The monoisotopic (exact) mass is 339 g/mol. The molecule has 0 bridgehead atoms. The van der Waals surface area contributed by atoms with Crippen molar-refractivity contribution < 1.29 is 17.9 Å². The fraction of sp³-hybridized carbons (Fsp3) is 0.417. The SMILES string of the molecule is CC(C)S(=O)(=O)CCOC(=O)c1cc(N)c(Cl)c(Cl)c1. The number of rotatable bonds is 5. The van der Waals surface area contributed by atoms with E-state index in [1.54, 1.807) is 13.8 Å². The van der Waals surface area contributed by atoms with E-state index in [0.29, 0.717) is 0 Å². The number of ether oxygens (including phenoxy) is 1. The molecule has 1 rings (SSSR count). The summed E-state index contributed by atoms with van der Waals surface area (Å²) in [6, 6.07) is 2.65. The summed E-state index contributed by atoms with van der Waals surface area (Å²) < 4.78 is 28.0. The molecule has 0 spiro atoms. The Hall–Kier alpha value is -0.980. The van der Waals surface area contributed by atoms with Crippen molar-refractivity contribution in [2.24, 2.45) is 0 Å². The van der Waals surface area contributed by atoms with Crippen molar-refractivity contribution in [2.75, 3.05) is 18.1 Å². The molecule has 0 atom stereocenters. The molecule has 0 amide bonds. The van der Waals surface area contributed by atoms with Gasteiger partial charge in [0.05, 0.1) is 32.3 Å². The number of carbonyl (C=O) groups excluding carboxylic acids is 1. The third-order valence-corrected chi connectivity index (χ3v) is 5.60. The van der Waals surface area contributed by atoms with E-state index in [1.807, 2.05) is 0 Å². The highest BCUT2D eigenvalue weighted by atomic mass is 35.5. The Morgan fingerprint density at radius 3 is 2.45 bits per heavy atom. The highest BCUT2D eigenvalue weighted by Crippen LogP contribution is 2.29. The number of anilines is 1. The van der Waals surface area contributed by atoms with Gasteiger partial charge < -0.3 is 10.5 Å². The van der Waals surface area contributed by atoms with E-state index in [0.717, 1.165) is 0 Å². The summed E-state index contributed by atoms with van der Waals surface area (Å²) in [4.78, 5) is 11.7. The zero-order chi connectivity index (χ0) is 15.5. The Balaban J connectivity index is 2.69. The first-order valence-electron chi connectivity index (χ1n) is 5.78. The second-order valence-electron chi connectivity index (χ2n) is 4.41. The first kappa shape index (κ1) is 17.1. The van der Waals surface area contributed by atoms with Gasteiger partial charge in [0.2, 0.25) is 0 Å². The summed E-state index contributed by atoms with van der Waals surface area (Å²) in [6.07, 6.45) is 0. The Labute approximate surface area is 127 Å². The van der Waals surface area contributed by atoms with Crippen LogP contribution >= 0.6 is 23.2 Å². The number of nitrogens with two attached hydrogens (primary N) is 1. The van der Waals surface area contributed by atoms with Crippen LogP contribution in [-0.2, 0) is 14.6 Å². The average Bonchev–Trinajstić information content (AvgIpc) is 2.34. The Morgan fingerprint density at radius 2 is 1.95 bits per heavy atom. The standard InChI is InChI=1S/C12H15Cl2NO4S/c1-7(2)20(17,18)4-3-19-12(16)8-5-9(13)11(14)10(15)6-8/h5-7H,3-4,15H2,1-2H3. The zero-order valence-corrected chi connectivity index (χ0v) is 13.3. The first-order chi connectivity index (χ1) is 9.15. The highest BCUT2D eigenvalue weighted by molar-refractivity contribution is 7.91. The van der Waals surface area contributed by atoms with E-state index in [4.69, 9.17) is 33.7 Å². The predicted octanol–water partition coefficient (Wildman–Crippen LogP) is 2.56. The van der Waals surface area contributed by atoms with Gasteiger partial charge in [-0.05, 0) is 26.0 Å². The smallest absolute Gasteiger partial charge is 0.338 e. The molecule has 1 aromatic carbocycles. The second kappa shape index (κ2) is 6.65. The van der Waals surface area contributed by atoms with Crippen LogP contribution in [0.4, 0.5) is 5.69 Å². The van der Waals surface area contributed by atoms with E-state index in [2.05, 4.69) is 0 Å². The highest BCUT2D eigenvalue weighted by Gasteiger charge is 2.18. The molecule has 0 saturated heterocycles. The van der Waals surface area contributed by atoms with Crippen molar-refractivity contribution in [1.29, 1.82) is 0 Å². The Morgan fingerprint density at radius 1 is 1.35 bits per heavy atom. The van der Waals surface area contributed by atoms with Crippen LogP contribution in [-0.4, -0.2) is 32.0 Å². The number of benzene rings is 1. The molecule has 1 aromatic rings. The lowest BCUT2D eigenvalue weighted by molar-refractivity contribution is 0.0529. The van der Waals surface area contributed by atoms with Gasteiger partial charge in [0, 0.05) is 0 Å². The fourth-order valence-corrected chi connectivity index (χ4v) is 2.42. The topological polar surface area (TPSA) is 86.5 Å². The average molecular weight is 340 g/mol. The van der Waals surface area contributed by atoms with E-state index in [-0.39, 0.29) is 33.7 Å². The molecular weight excluding hydrogens is 325 g/mol. The summed E-state index contributed by atoms with van der Waals surface area (Å²) in [5, 5.41) is -0.221. The maximum atomic E-state index is 11.7. The van der Waals surface area contributed by atoms with Gasteiger partial charge in [-0.3, -0.25) is 0 Å². The van der Waals surface area contributed by atoms with E-state index in [9.17, 15) is 13.2 Å². The van der Waals surface area contributed by atoms with Crippen LogP contribution in [0.3, 0.4) is 0 Å². The minimum absolute atomic E-state index is 0.124. The van der Waals surface area contributed by atoms with Crippen LogP contribution in [0.1, 0.15) is 24.2 Å². The Bertz CT molecular complexity index is 591. The number of carbonyl (C=O) groups is 1. The number of nitrogen functional groups attached to an aromatic ring is 1. The van der Waals surface area contributed by atoms with Gasteiger partial charge in [0.15, 0.2) is 9.84 Å². The van der Waals surface area contributed by atoms with Gasteiger partial charge in [-0.25, -0.2) is 13.2 Å². The van der Waals surface area contributed by atoms with Crippen molar-refractivity contribution in [3.05, 3.63) is 27.7 Å². The third kappa shape index (κ3) is 4.26. The third-order valence-electron chi connectivity index (χ3n) is 2.61. The number of hydrogen-bond donors (Lipinski definition) is 1. The molecule has 5 nitrogen and oxygen atoms in total. The molecule has 0 unspecified atom stereocenters. The molecular formula is C12H15Cl2NO4S. The molecule has 2 N–H and O–H groups in total. The van der Waals surface area contributed by atoms with Crippen molar-refractivity contribution >= 4 is 44.7 Å². The maximum absolute atomic E-state index is 11.7. The van der Waals surface area contributed by atoms with Gasteiger partial charge >= 0.3 is 5.97 Å². The predicted molar refractivity (Wildman–Crippen MR) is 80.1 cm³/mol. The second-order valence-corrected chi connectivity index (χ2v) is 7.87. The molecule has 0 saturated carbocycles. The molecule has 0 aliphatic carbocycles. The van der Waals surface area contributed by atoms with E-state index < -0.39 is 21.1 Å². The van der Waals surface area contributed by atoms with Gasteiger partial charge in [0.25, 0.3) is 0 Å². The molecule has 0 radical (unpaired) electrons. The number of hydrogen-bond acceptors (Lipinski definition) is 5. The van der Waals surface area contributed by atoms with Crippen molar-refractivity contribution in [1.82, 2.24) is 0 Å². The molecule has 112 valence electrons. The number of halogens is 2. The Kier molecular flexibility index (Phi) is 5.68. The maximum Gasteiger partial charge on any atom is 0.338 e. The first-order valence-corrected chi connectivity index (χ1v) is 8.25. The summed E-state index contributed by atoms with van der Waals surface area (Å²) in [7, 11) is -3.25. The molecule has 0 heterocycles. The molecule has 0 aliphatic heterocycles. The van der Waals surface area contributed by atoms with Crippen LogP contribution in [0.2, 0.25) is 10.0 Å². The van der Waals surface area contributed by atoms with E-state index in [1.165, 1.54) is 12.1 Å². The fourth-order valence-electron chi connectivity index (χ4n) is 1.30. The molecule has 8 heteroatoms. The van der Waals surface area contributed by atoms with Crippen molar-refractivity contribution in [2.45, 2.75) is 19.1 Å². The molecule has 0 aromatic heterocycles. The van der Waals surface area contributed by atoms with Gasteiger partial charge in [-0.2, -0.15) is 0 Å². The van der Waals surface area contributed by atoms with Crippen molar-refractivity contribution in [3.63, 3.8) is 0 Å². The normalized spacial score (nSPS) is 11.7. The minimum Gasteiger partial charge on any atom is -0.461 e. The lowest BCUT2D eigenvalue weighted by Gasteiger charge is -2.09. The van der Waals surface area contributed by atoms with Gasteiger partial charge in [0.1, 0.15) is 6.61 Å². The van der Waals surface area contributed by atoms with E-state index >= 15 is 0 Å². The minimum atomic E-state index is -3.25. The summed E-state index contributed by atoms with van der Waals surface area (Å²) >= 11 is 11.6.